The Morgan fingerprint density at radius 3 is 2.83 bits per heavy atom. The second kappa shape index (κ2) is 4.91. The molecule has 96 valence electrons. The maximum Gasteiger partial charge on any atom is 0.246 e. The zero-order chi connectivity index (χ0) is 13.2. The maximum atomic E-state index is 11.4. The Kier molecular flexibility index (Phi) is 3.48. The van der Waals surface area contributed by atoms with Gasteiger partial charge in [0.05, 0.1) is 11.4 Å². The molecule has 0 aliphatic rings. The Hall–Kier alpha value is -1.67. The molecule has 0 atom stereocenters. The number of aromatic nitrogens is 4. The molecule has 0 saturated carbocycles. The molecule has 0 amide bonds. The van der Waals surface area contributed by atoms with Crippen molar-refractivity contribution in [1.82, 2.24) is 20.2 Å². The van der Waals surface area contributed by atoms with Crippen LogP contribution in [0.3, 0.4) is 0 Å². The van der Waals surface area contributed by atoms with Gasteiger partial charge in [0.1, 0.15) is 11.5 Å². The van der Waals surface area contributed by atoms with Crippen LogP contribution in [0.1, 0.15) is 5.56 Å². The lowest BCUT2D eigenvalue weighted by molar-refractivity contribution is 0.605. The highest BCUT2D eigenvalue weighted by Crippen LogP contribution is 2.19. The number of anilines is 1. The van der Waals surface area contributed by atoms with E-state index in [1.54, 1.807) is 18.2 Å². The molecule has 0 aliphatic carbocycles. The fourth-order valence-electron chi connectivity index (χ4n) is 1.40. The summed E-state index contributed by atoms with van der Waals surface area (Å²) >= 11 is 5.33. The summed E-state index contributed by atoms with van der Waals surface area (Å²) in [5.74, 6) is 0. The van der Waals surface area contributed by atoms with E-state index in [4.69, 9.17) is 11.6 Å². The number of nitrogens with zero attached hydrogens (tertiary/aromatic N) is 4. The number of aryl methyl sites for hydroxylation is 1. The lowest BCUT2D eigenvalue weighted by Crippen LogP contribution is -2.13. The van der Waals surface area contributed by atoms with Gasteiger partial charge in [-0.3, -0.25) is 4.72 Å². The molecule has 1 N–H and O–H groups in total. The second-order valence-corrected chi connectivity index (χ2v) is 5.89. The minimum atomic E-state index is -3.52. The Bertz CT molecular complexity index is 641. The highest BCUT2D eigenvalue weighted by molar-refractivity contribution is 7.93. The predicted octanol–water partition coefficient (Wildman–Crippen LogP) is 0.909. The summed E-state index contributed by atoms with van der Waals surface area (Å²) < 4.78 is 26.5. The molecule has 18 heavy (non-hydrogen) atoms. The number of nitrogens with one attached hydrogen (secondary N) is 1. The van der Waals surface area contributed by atoms with Crippen LogP contribution in [0.15, 0.2) is 24.5 Å². The van der Waals surface area contributed by atoms with Gasteiger partial charge in [-0.2, -0.15) is 0 Å². The van der Waals surface area contributed by atoms with Crippen LogP contribution in [-0.2, 0) is 10.0 Å². The van der Waals surface area contributed by atoms with Crippen LogP contribution in [-0.4, -0.2) is 33.8 Å². The Balaban J connectivity index is 2.39. The highest BCUT2D eigenvalue weighted by atomic mass is 35.5. The normalized spacial score (nSPS) is 11.4. The molecule has 0 bridgehead atoms. The Labute approximate surface area is 109 Å². The molecule has 0 saturated heterocycles. The first kappa shape index (κ1) is 12.8. The molecule has 0 spiro atoms. The van der Waals surface area contributed by atoms with Crippen LogP contribution in [0.5, 0.6) is 0 Å². The summed E-state index contributed by atoms with van der Waals surface area (Å²) in [5, 5.41) is 10.3. The lowest BCUT2D eigenvalue weighted by Gasteiger charge is -2.09. The Morgan fingerprint density at radius 1 is 1.44 bits per heavy atom. The first-order valence-electron chi connectivity index (χ1n) is 4.92. The fourth-order valence-corrected chi connectivity index (χ4v) is 2.10. The van der Waals surface area contributed by atoms with E-state index in [0.717, 1.165) is 5.56 Å². The number of halogens is 1. The number of hydrogen-bond donors (Lipinski definition) is 1. The molecule has 2 rings (SSSR count). The van der Waals surface area contributed by atoms with Crippen molar-refractivity contribution in [3.05, 3.63) is 30.1 Å². The standard InChI is InChI=1S/C9H10ClN5O2S/c1-7-2-3-8(12-18(16,17)5-10)4-9(7)15-6-11-13-14-15/h2-4,6,12H,5H2,1H3. The molecule has 0 fully saturated rings. The van der Waals surface area contributed by atoms with Crippen molar-refractivity contribution in [1.29, 1.82) is 0 Å². The second-order valence-electron chi connectivity index (χ2n) is 3.58. The van der Waals surface area contributed by atoms with Crippen LogP contribution in [0.25, 0.3) is 5.69 Å². The van der Waals surface area contributed by atoms with E-state index in [1.807, 2.05) is 6.92 Å². The van der Waals surface area contributed by atoms with E-state index in [1.165, 1.54) is 11.0 Å². The maximum absolute atomic E-state index is 11.4. The van der Waals surface area contributed by atoms with Crippen molar-refractivity contribution in [2.75, 3.05) is 9.93 Å². The number of rotatable bonds is 4. The molecule has 7 nitrogen and oxygen atoms in total. The quantitative estimate of drug-likeness (QED) is 0.844. The molecule has 2 aromatic rings. The molecular weight excluding hydrogens is 278 g/mol. The average Bonchev–Trinajstić information content (AvgIpc) is 2.85. The highest BCUT2D eigenvalue weighted by Gasteiger charge is 2.10. The summed E-state index contributed by atoms with van der Waals surface area (Å²) in [5.41, 5.74) is 2.01. The number of alkyl halides is 1. The number of benzene rings is 1. The van der Waals surface area contributed by atoms with Crippen molar-refractivity contribution in [2.45, 2.75) is 6.92 Å². The zero-order valence-electron chi connectivity index (χ0n) is 9.41. The van der Waals surface area contributed by atoms with Gasteiger partial charge in [0.15, 0.2) is 0 Å². The molecule has 0 aliphatic heterocycles. The van der Waals surface area contributed by atoms with Crippen LogP contribution in [0.4, 0.5) is 5.69 Å². The van der Waals surface area contributed by atoms with Crippen LogP contribution < -0.4 is 4.72 Å². The first-order chi connectivity index (χ1) is 8.52. The molecular formula is C9H10ClN5O2S. The van der Waals surface area contributed by atoms with Crippen molar-refractivity contribution in [3.63, 3.8) is 0 Å². The number of sulfonamides is 1. The SMILES string of the molecule is Cc1ccc(NS(=O)(=O)CCl)cc1-n1cnnn1. The van der Waals surface area contributed by atoms with Gasteiger partial charge in [-0.25, -0.2) is 13.1 Å². The van der Waals surface area contributed by atoms with Gasteiger partial charge in [-0.05, 0) is 35.0 Å². The predicted molar refractivity (Wildman–Crippen MR) is 67.2 cm³/mol. The van der Waals surface area contributed by atoms with E-state index >= 15 is 0 Å². The van der Waals surface area contributed by atoms with Crippen molar-refractivity contribution in [3.8, 4) is 5.69 Å². The van der Waals surface area contributed by atoms with Gasteiger partial charge in [0.2, 0.25) is 10.0 Å². The molecule has 1 aromatic carbocycles. The first-order valence-corrected chi connectivity index (χ1v) is 7.11. The third-order valence-corrected chi connectivity index (χ3v) is 3.92. The average molecular weight is 288 g/mol. The van der Waals surface area contributed by atoms with E-state index < -0.39 is 15.2 Å². The van der Waals surface area contributed by atoms with Crippen LogP contribution in [0.2, 0.25) is 0 Å². The third kappa shape index (κ3) is 2.77. The smallest absolute Gasteiger partial charge is 0.246 e. The minimum absolute atomic E-state index is 0.409. The lowest BCUT2D eigenvalue weighted by atomic mass is 10.2. The summed E-state index contributed by atoms with van der Waals surface area (Å²) in [6.45, 7) is 1.87. The van der Waals surface area contributed by atoms with Crippen molar-refractivity contribution >= 4 is 27.3 Å². The zero-order valence-corrected chi connectivity index (χ0v) is 11.0. The minimum Gasteiger partial charge on any atom is -0.282 e. The molecule has 0 radical (unpaired) electrons. The van der Waals surface area contributed by atoms with Crippen LogP contribution in [0, 0.1) is 6.92 Å². The molecule has 1 aromatic heterocycles. The molecule has 1 heterocycles. The van der Waals surface area contributed by atoms with Gasteiger partial charge in [-0.15, -0.1) is 16.7 Å². The van der Waals surface area contributed by atoms with E-state index in [0.29, 0.717) is 11.4 Å². The van der Waals surface area contributed by atoms with Gasteiger partial charge in [0.25, 0.3) is 0 Å². The van der Waals surface area contributed by atoms with E-state index in [2.05, 4.69) is 20.2 Å². The van der Waals surface area contributed by atoms with Crippen molar-refractivity contribution < 1.29 is 8.42 Å². The van der Waals surface area contributed by atoms with Gasteiger partial charge < -0.3 is 0 Å². The molecule has 0 unspecified atom stereocenters. The fraction of sp³-hybridized carbons (Fsp3) is 0.222. The number of hydrogen-bond acceptors (Lipinski definition) is 5. The largest absolute Gasteiger partial charge is 0.282 e. The van der Waals surface area contributed by atoms with Gasteiger partial charge in [0, 0.05) is 0 Å². The van der Waals surface area contributed by atoms with Gasteiger partial charge >= 0.3 is 0 Å². The molecule has 9 heteroatoms. The van der Waals surface area contributed by atoms with E-state index in [-0.39, 0.29) is 0 Å². The summed E-state index contributed by atoms with van der Waals surface area (Å²) in [7, 11) is -3.52. The summed E-state index contributed by atoms with van der Waals surface area (Å²) in [6.07, 6.45) is 1.43. The van der Waals surface area contributed by atoms with E-state index in [9.17, 15) is 8.42 Å². The van der Waals surface area contributed by atoms with Crippen molar-refractivity contribution in [2.24, 2.45) is 0 Å². The van der Waals surface area contributed by atoms with Gasteiger partial charge in [-0.1, -0.05) is 6.07 Å². The Morgan fingerprint density at radius 2 is 2.22 bits per heavy atom. The number of tetrazole rings is 1. The summed E-state index contributed by atoms with van der Waals surface area (Å²) in [6, 6.07) is 5.05. The van der Waals surface area contributed by atoms with Crippen LogP contribution >= 0.6 is 11.6 Å². The topological polar surface area (TPSA) is 89.8 Å². The third-order valence-electron chi connectivity index (χ3n) is 2.22. The monoisotopic (exact) mass is 287 g/mol. The summed E-state index contributed by atoms with van der Waals surface area (Å²) in [4.78, 5) is 0.